The van der Waals surface area contributed by atoms with Crippen LogP contribution in [0.1, 0.15) is 59.1 Å². The van der Waals surface area contributed by atoms with Crippen molar-refractivity contribution < 1.29 is 9.59 Å². The average molecular weight is 354 g/mol. The fourth-order valence-corrected chi connectivity index (χ4v) is 3.46. The van der Waals surface area contributed by atoms with Gasteiger partial charge in [-0.3, -0.25) is 9.59 Å². The van der Waals surface area contributed by atoms with E-state index in [-0.39, 0.29) is 11.8 Å². The van der Waals surface area contributed by atoms with Crippen molar-refractivity contribution in [1.29, 1.82) is 0 Å². The summed E-state index contributed by atoms with van der Waals surface area (Å²) in [6, 6.07) is 7.65. The topological polar surface area (TPSA) is 67.2 Å². The van der Waals surface area contributed by atoms with E-state index in [0.29, 0.717) is 24.6 Å². The quantitative estimate of drug-likeness (QED) is 0.896. The van der Waals surface area contributed by atoms with Crippen LogP contribution in [0.25, 0.3) is 0 Å². The molecule has 2 amide bonds. The first-order valence-corrected chi connectivity index (χ1v) is 9.31. The lowest BCUT2D eigenvalue weighted by molar-refractivity contribution is 0.0766. The van der Waals surface area contributed by atoms with Crippen LogP contribution in [-0.2, 0) is 13.0 Å². The fraction of sp³-hybridized carbons (Fsp3) is 0.450. The lowest BCUT2D eigenvalue weighted by Gasteiger charge is -2.20. The number of imidazole rings is 1. The van der Waals surface area contributed by atoms with E-state index < -0.39 is 0 Å². The van der Waals surface area contributed by atoms with Crippen molar-refractivity contribution in [3.05, 3.63) is 47.0 Å². The highest BCUT2D eigenvalue weighted by molar-refractivity contribution is 6.03. The minimum absolute atomic E-state index is 0.0877. The summed E-state index contributed by atoms with van der Waals surface area (Å²) in [6.45, 7) is 7.88. The molecule has 138 valence electrons. The predicted octanol–water partition coefficient (Wildman–Crippen LogP) is 3.26. The SMILES string of the molecule is CCN(CC)C(=O)c1nc(C(=O)Nc2cccc(C)c2)n2c1CCCC2. The van der Waals surface area contributed by atoms with E-state index in [2.05, 4.69) is 10.3 Å². The number of hydrogen-bond donors (Lipinski definition) is 1. The van der Waals surface area contributed by atoms with Crippen molar-refractivity contribution >= 4 is 17.5 Å². The Balaban J connectivity index is 1.94. The zero-order chi connectivity index (χ0) is 18.7. The molecular formula is C20H26N4O2. The maximum absolute atomic E-state index is 12.8. The number of carbonyl (C=O) groups is 2. The molecule has 0 saturated heterocycles. The third-order valence-electron chi connectivity index (χ3n) is 4.85. The Morgan fingerprint density at radius 1 is 1.23 bits per heavy atom. The number of rotatable bonds is 5. The highest BCUT2D eigenvalue weighted by Gasteiger charge is 2.29. The molecule has 2 aromatic rings. The average Bonchev–Trinajstić information content (AvgIpc) is 3.02. The Labute approximate surface area is 154 Å². The van der Waals surface area contributed by atoms with Gasteiger partial charge in [0.2, 0.25) is 0 Å². The molecule has 0 fully saturated rings. The lowest BCUT2D eigenvalue weighted by atomic mass is 10.1. The number of nitrogens with zero attached hydrogens (tertiary/aromatic N) is 3. The van der Waals surface area contributed by atoms with Crippen molar-refractivity contribution in [2.45, 2.75) is 46.6 Å². The molecule has 6 heteroatoms. The van der Waals surface area contributed by atoms with Gasteiger partial charge in [0.25, 0.3) is 11.8 Å². The number of benzene rings is 1. The van der Waals surface area contributed by atoms with Crippen LogP contribution in [0.4, 0.5) is 5.69 Å². The summed E-state index contributed by atoms with van der Waals surface area (Å²) in [4.78, 5) is 31.9. The van der Waals surface area contributed by atoms with Crippen molar-refractivity contribution in [3.63, 3.8) is 0 Å². The second kappa shape index (κ2) is 7.72. The molecule has 0 bridgehead atoms. The monoisotopic (exact) mass is 354 g/mol. The number of hydrogen-bond acceptors (Lipinski definition) is 3. The fourth-order valence-electron chi connectivity index (χ4n) is 3.46. The van der Waals surface area contributed by atoms with E-state index in [0.717, 1.165) is 42.8 Å². The molecule has 0 saturated carbocycles. The van der Waals surface area contributed by atoms with Crippen LogP contribution >= 0.6 is 0 Å². The summed E-state index contributed by atoms with van der Waals surface area (Å²) in [6.07, 6.45) is 2.79. The summed E-state index contributed by atoms with van der Waals surface area (Å²) in [5.74, 6) is -0.0238. The van der Waals surface area contributed by atoms with Crippen LogP contribution in [0.2, 0.25) is 0 Å². The summed E-state index contributed by atoms with van der Waals surface area (Å²) < 4.78 is 1.92. The molecule has 1 aliphatic heterocycles. The van der Waals surface area contributed by atoms with Gasteiger partial charge in [-0.1, -0.05) is 12.1 Å². The molecule has 1 aromatic carbocycles. The summed E-state index contributed by atoms with van der Waals surface area (Å²) in [5, 5.41) is 2.91. The van der Waals surface area contributed by atoms with E-state index in [1.165, 1.54) is 0 Å². The van der Waals surface area contributed by atoms with E-state index in [1.54, 1.807) is 4.90 Å². The number of fused-ring (bicyclic) bond motifs is 1. The van der Waals surface area contributed by atoms with Crippen molar-refractivity contribution in [2.24, 2.45) is 0 Å². The molecule has 26 heavy (non-hydrogen) atoms. The second-order valence-electron chi connectivity index (χ2n) is 6.64. The van der Waals surface area contributed by atoms with Crippen molar-refractivity contribution in [3.8, 4) is 0 Å². The van der Waals surface area contributed by atoms with Crippen molar-refractivity contribution in [2.75, 3.05) is 18.4 Å². The molecule has 0 spiro atoms. The van der Waals surface area contributed by atoms with E-state index in [4.69, 9.17) is 0 Å². The minimum Gasteiger partial charge on any atom is -0.338 e. The van der Waals surface area contributed by atoms with Crippen LogP contribution in [-0.4, -0.2) is 39.4 Å². The van der Waals surface area contributed by atoms with Crippen LogP contribution in [0, 0.1) is 6.92 Å². The van der Waals surface area contributed by atoms with E-state index in [1.807, 2.05) is 49.6 Å². The van der Waals surface area contributed by atoms with E-state index in [9.17, 15) is 9.59 Å². The zero-order valence-electron chi connectivity index (χ0n) is 15.7. The first-order valence-electron chi connectivity index (χ1n) is 9.31. The number of anilines is 1. The number of nitrogens with one attached hydrogen (secondary N) is 1. The Morgan fingerprint density at radius 2 is 2.00 bits per heavy atom. The van der Waals surface area contributed by atoms with Crippen LogP contribution in [0.15, 0.2) is 24.3 Å². The lowest BCUT2D eigenvalue weighted by Crippen LogP contribution is -2.31. The highest BCUT2D eigenvalue weighted by atomic mass is 16.2. The van der Waals surface area contributed by atoms with E-state index >= 15 is 0 Å². The summed E-state index contributed by atoms with van der Waals surface area (Å²) in [5.41, 5.74) is 3.13. The van der Waals surface area contributed by atoms with Gasteiger partial charge in [0.15, 0.2) is 5.82 Å². The maximum Gasteiger partial charge on any atom is 0.291 e. The van der Waals surface area contributed by atoms with Gasteiger partial charge in [0.1, 0.15) is 5.69 Å². The second-order valence-corrected chi connectivity index (χ2v) is 6.64. The molecule has 0 aliphatic carbocycles. The number of carbonyl (C=O) groups excluding carboxylic acids is 2. The Hall–Kier alpha value is -2.63. The molecule has 2 heterocycles. The third kappa shape index (κ3) is 3.49. The van der Waals surface area contributed by atoms with Gasteiger partial charge in [0, 0.05) is 25.3 Å². The molecule has 0 atom stereocenters. The Kier molecular flexibility index (Phi) is 5.40. The van der Waals surface area contributed by atoms with Gasteiger partial charge >= 0.3 is 0 Å². The number of aromatic nitrogens is 2. The molecule has 1 aliphatic rings. The normalized spacial score (nSPS) is 13.2. The van der Waals surface area contributed by atoms with Gasteiger partial charge in [0.05, 0.1) is 5.69 Å². The largest absolute Gasteiger partial charge is 0.338 e. The first kappa shape index (κ1) is 18.2. The maximum atomic E-state index is 12.8. The molecule has 1 aromatic heterocycles. The van der Waals surface area contributed by atoms with Gasteiger partial charge in [-0.2, -0.15) is 0 Å². The molecule has 1 N–H and O–H groups in total. The molecular weight excluding hydrogens is 328 g/mol. The highest BCUT2D eigenvalue weighted by Crippen LogP contribution is 2.23. The van der Waals surface area contributed by atoms with Crippen LogP contribution in [0.3, 0.4) is 0 Å². The molecule has 3 rings (SSSR count). The summed E-state index contributed by atoms with van der Waals surface area (Å²) in [7, 11) is 0. The smallest absolute Gasteiger partial charge is 0.291 e. The molecule has 0 unspecified atom stereocenters. The first-order chi connectivity index (χ1) is 12.5. The van der Waals surface area contributed by atoms with Gasteiger partial charge in [-0.05, 0) is 57.7 Å². The van der Waals surface area contributed by atoms with Crippen LogP contribution < -0.4 is 5.32 Å². The Bertz CT molecular complexity index is 821. The number of aryl methyl sites for hydroxylation is 1. The zero-order valence-corrected chi connectivity index (χ0v) is 15.7. The number of amides is 2. The molecule has 0 radical (unpaired) electrons. The minimum atomic E-state index is -0.266. The van der Waals surface area contributed by atoms with Crippen molar-refractivity contribution in [1.82, 2.24) is 14.5 Å². The summed E-state index contributed by atoms with van der Waals surface area (Å²) >= 11 is 0. The standard InChI is InChI=1S/C20H26N4O2/c1-4-23(5-2)20(26)17-16-11-6-7-12-24(16)18(22-17)19(25)21-15-10-8-9-14(3)13-15/h8-10,13H,4-7,11-12H2,1-3H3,(H,21,25). The Morgan fingerprint density at radius 3 is 2.69 bits per heavy atom. The van der Waals surface area contributed by atoms with Gasteiger partial charge < -0.3 is 14.8 Å². The predicted molar refractivity (Wildman–Crippen MR) is 102 cm³/mol. The van der Waals surface area contributed by atoms with Gasteiger partial charge in [-0.15, -0.1) is 0 Å². The van der Waals surface area contributed by atoms with Crippen LogP contribution in [0.5, 0.6) is 0 Å². The van der Waals surface area contributed by atoms with Gasteiger partial charge in [-0.25, -0.2) is 4.98 Å². The molecule has 6 nitrogen and oxygen atoms in total. The third-order valence-corrected chi connectivity index (χ3v) is 4.85.